The van der Waals surface area contributed by atoms with Crippen LogP contribution < -0.4 is 4.90 Å². The molecular weight excluding hydrogens is 214 g/mol. The lowest BCUT2D eigenvalue weighted by Gasteiger charge is -2.22. The number of carbonyl (C=O) groups excluding carboxylic acids is 1. The Bertz CT molecular complexity index is 417. The smallest absolute Gasteiger partial charge is 0.210 e. The molecule has 0 spiro atoms. The van der Waals surface area contributed by atoms with Crippen molar-refractivity contribution in [3.8, 4) is 0 Å². The van der Waals surface area contributed by atoms with Crippen LogP contribution in [0.25, 0.3) is 0 Å². The van der Waals surface area contributed by atoms with Gasteiger partial charge >= 0.3 is 0 Å². The van der Waals surface area contributed by atoms with E-state index < -0.39 is 0 Å². The van der Waals surface area contributed by atoms with Gasteiger partial charge in [-0.15, -0.1) is 0 Å². The number of likely N-dealkylation sites (tertiary alicyclic amines) is 1. The molecule has 1 aliphatic heterocycles. The van der Waals surface area contributed by atoms with Gasteiger partial charge in [0.05, 0.1) is 6.04 Å². The van der Waals surface area contributed by atoms with Crippen molar-refractivity contribution in [2.75, 3.05) is 25.5 Å². The van der Waals surface area contributed by atoms with Crippen LogP contribution in [-0.4, -0.2) is 36.9 Å². The summed E-state index contributed by atoms with van der Waals surface area (Å²) in [6.45, 7) is 2.95. The zero-order valence-electron chi connectivity index (χ0n) is 10.7. The van der Waals surface area contributed by atoms with Gasteiger partial charge < -0.3 is 9.80 Å². The molecule has 2 rings (SSSR count). The van der Waals surface area contributed by atoms with Gasteiger partial charge in [-0.1, -0.05) is 0 Å². The van der Waals surface area contributed by atoms with Crippen LogP contribution in [0.4, 0.5) is 5.82 Å². The SMILES string of the molecule is Cc1cc(N(C)C)ncc1[C@H]1CCCN1C=O. The fourth-order valence-corrected chi connectivity index (χ4v) is 2.39. The lowest BCUT2D eigenvalue weighted by molar-refractivity contribution is -0.118. The van der Waals surface area contributed by atoms with Crippen LogP contribution >= 0.6 is 0 Å². The Morgan fingerprint density at radius 3 is 2.88 bits per heavy atom. The maximum Gasteiger partial charge on any atom is 0.210 e. The highest BCUT2D eigenvalue weighted by Gasteiger charge is 2.26. The molecular formula is C13H19N3O. The maximum atomic E-state index is 11.0. The van der Waals surface area contributed by atoms with Gasteiger partial charge in [0, 0.05) is 26.8 Å². The van der Waals surface area contributed by atoms with Crippen molar-refractivity contribution in [1.82, 2.24) is 9.88 Å². The molecule has 92 valence electrons. The molecule has 4 nitrogen and oxygen atoms in total. The summed E-state index contributed by atoms with van der Waals surface area (Å²) < 4.78 is 0. The fraction of sp³-hybridized carbons (Fsp3) is 0.538. The Kier molecular flexibility index (Phi) is 3.31. The van der Waals surface area contributed by atoms with Crippen LogP contribution in [0.2, 0.25) is 0 Å². The van der Waals surface area contributed by atoms with E-state index in [4.69, 9.17) is 0 Å². The molecule has 1 aliphatic rings. The first kappa shape index (κ1) is 11.9. The molecule has 0 bridgehead atoms. The van der Waals surface area contributed by atoms with Crippen LogP contribution in [-0.2, 0) is 4.79 Å². The number of nitrogens with zero attached hydrogens (tertiary/aromatic N) is 3. The quantitative estimate of drug-likeness (QED) is 0.746. The van der Waals surface area contributed by atoms with Crippen LogP contribution in [0.15, 0.2) is 12.3 Å². The number of pyridine rings is 1. The van der Waals surface area contributed by atoms with E-state index >= 15 is 0 Å². The first-order valence-corrected chi connectivity index (χ1v) is 5.98. The molecule has 4 heteroatoms. The predicted octanol–water partition coefficient (Wildman–Crippen LogP) is 1.75. The van der Waals surface area contributed by atoms with Crippen LogP contribution in [0.1, 0.15) is 30.0 Å². The second kappa shape index (κ2) is 4.73. The normalized spacial score (nSPS) is 19.5. The first-order chi connectivity index (χ1) is 8.13. The maximum absolute atomic E-state index is 11.0. The molecule has 0 aliphatic carbocycles. The van der Waals surface area contributed by atoms with Gasteiger partial charge in [-0.25, -0.2) is 4.98 Å². The molecule has 1 aromatic heterocycles. The minimum Gasteiger partial charge on any atom is -0.363 e. The standard InChI is InChI=1S/C13H19N3O/c1-10-7-13(15(2)3)14-8-11(10)12-5-4-6-16(12)9-17/h7-9,12H,4-6H2,1-3H3/t12-/m1/s1. The Morgan fingerprint density at radius 1 is 1.53 bits per heavy atom. The number of aryl methyl sites for hydroxylation is 1. The summed E-state index contributed by atoms with van der Waals surface area (Å²) in [4.78, 5) is 19.3. The van der Waals surface area contributed by atoms with E-state index in [1.165, 1.54) is 11.1 Å². The Balaban J connectivity index is 2.30. The number of hydrogen-bond acceptors (Lipinski definition) is 3. The highest BCUT2D eigenvalue weighted by Crippen LogP contribution is 2.32. The molecule has 1 saturated heterocycles. The molecule has 1 atom stereocenters. The third-order valence-corrected chi connectivity index (χ3v) is 3.38. The molecule has 0 saturated carbocycles. The van der Waals surface area contributed by atoms with E-state index in [-0.39, 0.29) is 6.04 Å². The van der Waals surface area contributed by atoms with Gasteiger partial charge in [-0.2, -0.15) is 0 Å². The fourth-order valence-electron chi connectivity index (χ4n) is 2.39. The van der Waals surface area contributed by atoms with Gasteiger partial charge in [0.1, 0.15) is 5.82 Å². The molecule has 1 amide bonds. The monoisotopic (exact) mass is 233 g/mol. The summed E-state index contributed by atoms with van der Waals surface area (Å²) in [5.74, 6) is 0.960. The molecule has 0 N–H and O–H groups in total. The Hall–Kier alpha value is -1.58. The van der Waals surface area contributed by atoms with Gasteiger partial charge in [0.15, 0.2) is 0 Å². The number of amides is 1. The van der Waals surface area contributed by atoms with Gasteiger partial charge in [-0.3, -0.25) is 4.79 Å². The second-order valence-corrected chi connectivity index (χ2v) is 4.79. The number of anilines is 1. The topological polar surface area (TPSA) is 36.4 Å². The summed E-state index contributed by atoms with van der Waals surface area (Å²) in [7, 11) is 3.96. The molecule has 1 fully saturated rings. The van der Waals surface area contributed by atoms with Crippen molar-refractivity contribution in [3.63, 3.8) is 0 Å². The number of aromatic nitrogens is 1. The van der Waals surface area contributed by atoms with Crippen molar-refractivity contribution in [1.29, 1.82) is 0 Å². The van der Waals surface area contributed by atoms with Gasteiger partial charge in [-0.05, 0) is 37.0 Å². The predicted molar refractivity (Wildman–Crippen MR) is 68.0 cm³/mol. The third kappa shape index (κ3) is 2.25. The summed E-state index contributed by atoms with van der Waals surface area (Å²) in [5.41, 5.74) is 2.39. The average Bonchev–Trinajstić information content (AvgIpc) is 2.76. The van der Waals surface area contributed by atoms with Crippen molar-refractivity contribution >= 4 is 12.2 Å². The van der Waals surface area contributed by atoms with E-state index in [0.29, 0.717) is 0 Å². The third-order valence-electron chi connectivity index (χ3n) is 3.38. The first-order valence-electron chi connectivity index (χ1n) is 5.98. The van der Waals surface area contributed by atoms with Crippen molar-refractivity contribution in [2.45, 2.75) is 25.8 Å². The molecule has 1 aromatic rings. The molecule has 0 radical (unpaired) electrons. The van der Waals surface area contributed by atoms with Crippen LogP contribution in [0.3, 0.4) is 0 Å². The van der Waals surface area contributed by atoms with Crippen molar-refractivity contribution in [3.05, 3.63) is 23.4 Å². The molecule has 0 aromatic carbocycles. The number of carbonyl (C=O) groups is 1. The van der Waals surface area contributed by atoms with E-state index in [0.717, 1.165) is 31.6 Å². The van der Waals surface area contributed by atoms with Crippen LogP contribution in [0.5, 0.6) is 0 Å². The highest BCUT2D eigenvalue weighted by molar-refractivity contribution is 5.51. The number of hydrogen-bond donors (Lipinski definition) is 0. The summed E-state index contributed by atoms with van der Waals surface area (Å²) >= 11 is 0. The minimum atomic E-state index is 0.219. The second-order valence-electron chi connectivity index (χ2n) is 4.79. The molecule has 2 heterocycles. The average molecular weight is 233 g/mol. The van der Waals surface area contributed by atoms with E-state index in [9.17, 15) is 4.79 Å². The Labute approximate surface area is 102 Å². The summed E-state index contributed by atoms with van der Waals surface area (Å²) in [5, 5.41) is 0. The van der Waals surface area contributed by atoms with Crippen molar-refractivity contribution in [2.24, 2.45) is 0 Å². The van der Waals surface area contributed by atoms with Crippen LogP contribution in [0, 0.1) is 6.92 Å². The van der Waals surface area contributed by atoms with Crippen molar-refractivity contribution < 1.29 is 4.79 Å². The van der Waals surface area contributed by atoms with Gasteiger partial charge in [0.25, 0.3) is 0 Å². The lowest BCUT2D eigenvalue weighted by Crippen LogP contribution is -2.22. The minimum absolute atomic E-state index is 0.219. The molecule has 0 unspecified atom stereocenters. The van der Waals surface area contributed by atoms with E-state index in [1.54, 1.807) is 0 Å². The summed E-state index contributed by atoms with van der Waals surface area (Å²) in [6, 6.07) is 2.30. The molecule has 17 heavy (non-hydrogen) atoms. The zero-order chi connectivity index (χ0) is 12.4. The Morgan fingerprint density at radius 2 is 2.29 bits per heavy atom. The largest absolute Gasteiger partial charge is 0.363 e. The van der Waals surface area contributed by atoms with Gasteiger partial charge in [0.2, 0.25) is 6.41 Å². The van der Waals surface area contributed by atoms with E-state index in [1.807, 2.05) is 30.1 Å². The zero-order valence-corrected chi connectivity index (χ0v) is 10.7. The highest BCUT2D eigenvalue weighted by atomic mass is 16.1. The summed E-state index contributed by atoms with van der Waals surface area (Å²) in [6.07, 6.45) is 5.00. The van der Waals surface area contributed by atoms with E-state index in [2.05, 4.69) is 18.0 Å². The lowest BCUT2D eigenvalue weighted by atomic mass is 10.0. The number of rotatable bonds is 3.